The van der Waals surface area contributed by atoms with Crippen LogP contribution in [0.1, 0.15) is 26.3 Å². The molecule has 5 nitrogen and oxygen atoms in total. The molecule has 6 heteroatoms. The Hall–Kier alpha value is -2.47. The molecule has 0 spiro atoms. The smallest absolute Gasteiger partial charge is 0.237 e. The molecular weight excluding hydrogens is 358 g/mol. The summed E-state index contributed by atoms with van der Waals surface area (Å²) in [6.45, 7) is 7.66. The number of nitrogens with zero attached hydrogens (tertiary/aromatic N) is 1. The van der Waals surface area contributed by atoms with Crippen molar-refractivity contribution in [2.24, 2.45) is 0 Å². The van der Waals surface area contributed by atoms with Crippen molar-refractivity contribution in [2.75, 3.05) is 28.0 Å². The highest BCUT2D eigenvalue weighted by Gasteiger charge is 2.28. The first-order valence-corrected chi connectivity index (χ1v) is 10.6. The lowest BCUT2D eigenvalue weighted by Gasteiger charge is -2.20. The maximum Gasteiger partial charge on any atom is 0.237 e. The standard InChI is InChI=1S/C21H27N3O2S/c1-21(2,3)27(25,26)23-19-8-6-17(7-9-19)16-22-18-10-12-20(13-11-18)24-14-4-5-15-24/h4-13,22-23H,14-16H2,1-3H3. The van der Waals surface area contributed by atoms with Gasteiger partial charge in [0.1, 0.15) is 0 Å². The van der Waals surface area contributed by atoms with Crippen molar-refractivity contribution < 1.29 is 8.42 Å². The number of sulfonamides is 1. The van der Waals surface area contributed by atoms with Gasteiger partial charge in [0.15, 0.2) is 0 Å². The van der Waals surface area contributed by atoms with E-state index in [0.717, 1.165) is 24.3 Å². The van der Waals surface area contributed by atoms with Gasteiger partial charge in [-0.3, -0.25) is 4.72 Å². The third-order valence-electron chi connectivity index (χ3n) is 4.56. The van der Waals surface area contributed by atoms with Crippen LogP contribution in [0.2, 0.25) is 0 Å². The van der Waals surface area contributed by atoms with Gasteiger partial charge in [0.05, 0.1) is 4.75 Å². The summed E-state index contributed by atoms with van der Waals surface area (Å²) in [4.78, 5) is 2.31. The van der Waals surface area contributed by atoms with Gasteiger partial charge in [-0.25, -0.2) is 8.42 Å². The lowest BCUT2D eigenvalue weighted by atomic mass is 10.2. The second-order valence-corrected chi connectivity index (χ2v) is 10.1. The number of benzene rings is 2. The monoisotopic (exact) mass is 385 g/mol. The second kappa shape index (κ2) is 7.64. The lowest BCUT2D eigenvalue weighted by Crippen LogP contribution is -2.33. The largest absolute Gasteiger partial charge is 0.381 e. The maximum atomic E-state index is 12.2. The van der Waals surface area contributed by atoms with Crippen LogP contribution in [0.3, 0.4) is 0 Å². The van der Waals surface area contributed by atoms with Crippen molar-refractivity contribution in [1.82, 2.24) is 0 Å². The van der Waals surface area contributed by atoms with Crippen molar-refractivity contribution in [3.8, 4) is 0 Å². The molecule has 0 fully saturated rings. The first-order chi connectivity index (χ1) is 12.7. The fourth-order valence-electron chi connectivity index (χ4n) is 2.68. The van der Waals surface area contributed by atoms with Gasteiger partial charge in [0.2, 0.25) is 10.0 Å². The Balaban J connectivity index is 1.56. The number of nitrogens with one attached hydrogen (secondary N) is 2. The van der Waals surface area contributed by atoms with E-state index in [-0.39, 0.29) is 0 Å². The Morgan fingerprint density at radius 1 is 0.889 bits per heavy atom. The summed E-state index contributed by atoms with van der Waals surface area (Å²) in [6.07, 6.45) is 4.36. The summed E-state index contributed by atoms with van der Waals surface area (Å²) in [6, 6.07) is 15.9. The van der Waals surface area contributed by atoms with E-state index in [1.807, 2.05) is 12.1 Å². The Bertz CT molecular complexity index is 888. The zero-order chi connectivity index (χ0) is 19.5. The fraction of sp³-hybridized carbons (Fsp3) is 0.333. The van der Waals surface area contributed by atoms with Crippen LogP contribution in [0, 0.1) is 0 Å². The molecule has 0 unspecified atom stereocenters. The third kappa shape index (κ3) is 4.83. The van der Waals surface area contributed by atoms with Crippen LogP contribution in [0.4, 0.5) is 17.1 Å². The van der Waals surface area contributed by atoms with E-state index >= 15 is 0 Å². The molecule has 3 rings (SSSR count). The van der Waals surface area contributed by atoms with E-state index in [1.165, 1.54) is 5.69 Å². The molecule has 0 saturated heterocycles. The predicted molar refractivity (Wildman–Crippen MR) is 114 cm³/mol. The highest BCUT2D eigenvalue weighted by atomic mass is 32.2. The molecule has 0 aromatic heterocycles. The normalized spacial score (nSPS) is 14.4. The van der Waals surface area contributed by atoms with Gasteiger partial charge in [-0.05, 0) is 62.7 Å². The molecule has 0 atom stereocenters. The van der Waals surface area contributed by atoms with Gasteiger partial charge in [-0.15, -0.1) is 0 Å². The average Bonchev–Trinajstić information content (AvgIpc) is 3.15. The van der Waals surface area contributed by atoms with Gasteiger partial charge in [0.25, 0.3) is 0 Å². The summed E-state index contributed by atoms with van der Waals surface area (Å²) in [5.74, 6) is 0. The highest BCUT2D eigenvalue weighted by Crippen LogP contribution is 2.22. The van der Waals surface area contributed by atoms with Crippen molar-refractivity contribution in [1.29, 1.82) is 0 Å². The van der Waals surface area contributed by atoms with Gasteiger partial charge in [0, 0.05) is 36.7 Å². The van der Waals surface area contributed by atoms with E-state index in [0.29, 0.717) is 12.2 Å². The van der Waals surface area contributed by atoms with Gasteiger partial charge in [-0.2, -0.15) is 0 Å². The number of anilines is 3. The van der Waals surface area contributed by atoms with Crippen LogP contribution in [0.5, 0.6) is 0 Å². The summed E-state index contributed by atoms with van der Waals surface area (Å²) in [7, 11) is -3.40. The molecule has 0 aliphatic carbocycles. The molecule has 2 aromatic carbocycles. The molecular formula is C21H27N3O2S. The quantitative estimate of drug-likeness (QED) is 0.731. The first kappa shape index (κ1) is 19.3. The highest BCUT2D eigenvalue weighted by molar-refractivity contribution is 7.94. The topological polar surface area (TPSA) is 61.4 Å². The minimum Gasteiger partial charge on any atom is -0.381 e. The van der Waals surface area contributed by atoms with Gasteiger partial charge < -0.3 is 10.2 Å². The molecule has 0 amide bonds. The first-order valence-electron chi connectivity index (χ1n) is 9.10. The molecule has 2 N–H and O–H groups in total. The van der Waals surface area contributed by atoms with Crippen LogP contribution >= 0.6 is 0 Å². The van der Waals surface area contributed by atoms with E-state index in [9.17, 15) is 8.42 Å². The summed E-state index contributed by atoms with van der Waals surface area (Å²) in [5.41, 5.74) is 3.95. The van der Waals surface area contributed by atoms with E-state index < -0.39 is 14.8 Å². The van der Waals surface area contributed by atoms with Crippen molar-refractivity contribution in [3.63, 3.8) is 0 Å². The van der Waals surface area contributed by atoms with Crippen LogP contribution < -0.4 is 14.9 Å². The third-order valence-corrected chi connectivity index (χ3v) is 6.68. The molecule has 0 radical (unpaired) electrons. The maximum absolute atomic E-state index is 12.2. The predicted octanol–water partition coefficient (Wildman–Crippen LogP) is 4.22. The SMILES string of the molecule is CC(C)(C)S(=O)(=O)Nc1ccc(CNc2ccc(N3CC=CC3)cc2)cc1. The van der Waals surface area contributed by atoms with Crippen molar-refractivity contribution >= 4 is 27.1 Å². The summed E-state index contributed by atoms with van der Waals surface area (Å²) < 4.78 is 26.2. The number of hydrogen-bond donors (Lipinski definition) is 2. The lowest BCUT2D eigenvalue weighted by molar-refractivity contribution is 0.566. The Morgan fingerprint density at radius 2 is 1.44 bits per heavy atom. The molecule has 1 heterocycles. The molecule has 2 aromatic rings. The van der Waals surface area contributed by atoms with Crippen LogP contribution in [-0.2, 0) is 16.6 Å². The van der Waals surface area contributed by atoms with E-state index in [4.69, 9.17) is 0 Å². The zero-order valence-corrected chi connectivity index (χ0v) is 16.9. The minimum absolute atomic E-state index is 0.581. The zero-order valence-electron chi connectivity index (χ0n) is 16.1. The molecule has 1 aliphatic rings. The van der Waals surface area contributed by atoms with Crippen molar-refractivity contribution in [2.45, 2.75) is 32.1 Å². The Kier molecular flexibility index (Phi) is 5.46. The number of hydrogen-bond acceptors (Lipinski definition) is 4. The molecule has 0 bridgehead atoms. The fourth-order valence-corrected chi connectivity index (χ4v) is 3.43. The molecule has 1 aliphatic heterocycles. The van der Waals surface area contributed by atoms with E-state index in [1.54, 1.807) is 32.9 Å². The minimum atomic E-state index is -3.40. The summed E-state index contributed by atoms with van der Waals surface area (Å²) >= 11 is 0. The van der Waals surface area contributed by atoms with Gasteiger partial charge >= 0.3 is 0 Å². The molecule has 0 saturated carbocycles. The van der Waals surface area contributed by atoms with Crippen LogP contribution in [-0.4, -0.2) is 26.3 Å². The van der Waals surface area contributed by atoms with E-state index in [2.05, 4.69) is 51.4 Å². The Labute approximate surface area is 162 Å². The summed E-state index contributed by atoms with van der Waals surface area (Å²) in [5, 5.41) is 3.40. The molecule has 27 heavy (non-hydrogen) atoms. The average molecular weight is 386 g/mol. The van der Waals surface area contributed by atoms with Crippen molar-refractivity contribution in [3.05, 3.63) is 66.2 Å². The molecule has 144 valence electrons. The van der Waals surface area contributed by atoms with Gasteiger partial charge in [-0.1, -0.05) is 24.3 Å². The second-order valence-electron chi connectivity index (χ2n) is 7.69. The number of rotatable bonds is 6. The van der Waals surface area contributed by atoms with Crippen LogP contribution in [0.15, 0.2) is 60.7 Å². The van der Waals surface area contributed by atoms with Crippen LogP contribution in [0.25, 0.3) is 0 Å². The Morgan fingerprint density at radius 3 is 2.00 bits per heavy atom.